The predicted octanol–water partition coefficient (Wildman–Crippen LogP) is 1.92. The highest BCUT2D eigenvalue weighted by Gasteiger charge is 2.34. The predicted molar refractivity (Wildman–Crippen MR) is 75.3 cm³/mol. The number of hydrogen-bond acceptors (Lipinski definition) is 3. The lowest BCUT2D eigenvalue weighted by molar-refractivity contribution is 0.00742. The molecule has 1 saturated heterocycles. The van der Waals surface area contributed by atoms with Gasteiger partial charge in [0.15, 0.2) is 0 Å². The van der Waals surface area contributed by atoms with Crippen molar-refractivity contribution in [1.29, 1.82) is 0 Å². The molecule has 0 amide bonds. The molecule has 1 heterocycles. The summed E-state index contributed by atoms with van der Waals surface area (Å²) < 4.78 is 0. The van der Waals surface area contributed by atoms with Crippen LogP contribution in [0.1, 0.15) is 47.5 Å². The monoisotopic (exact) mass is 241 g/mol. The van der Waals surface area contributed by atoms with Crippen molar-refractivity contribution < 1.29 is 0 Å². The summed E-state index contributed by atoms with van der Waals surface area (Å²) in [5, 5.41) is 0. The van der Waals surface area contributed by atoms with E-state index in [9.17, 15) is 0 Å². The molecule has 1 aliphatic rings. The zero-order valence-electron chi connectivity index (χ0n) is 12.4. The van der Waals surface area contributed by atoms with Gasteiger partial charge in [0.1, 0.15) is 0 Å². The molecule has 0 aromatic heterocycles. The van der Waals surface area contributed by atoms with Crippen molar-refractivity contribution >= 4 is 0 Å². The van der Waals surface area contributed by atoms with Crippen LogP contribution in [0.2, 0.25) is 0 Å². The van der Waals surface area contributed by atoms with Crippen molar-refractivity contribution in [1.82, 2.24) is 9.80 Å². The van der Waals surface area contributed by atoms with Gasteiger partial charge in [-0.25, -0.2) is 0 Å². The molecule has 1 unspecified atom stereocenters. The highest BCUT2D eigenvalue weighted by molar-refractivity contribution is 4.92. The number of nitrogens with zero attached hydrogens (tertiary/aromatic N) is 2. The van der Waals surface area contributed by atoms with E-state index < -0.39 is 0 Å². The molecule has 0 spiro atoms. The number of nitrogens with two attached hydrogens (primary N) is 1. The molecule has 1 fully saturated rings. The summed E-state index contributed by atoms with van der Waals surface area (Å²) in [5.41, 5.74) is 6.50. The van der Waals surface area contributed by atoms with Gasteiger partial charge >= 0.3 is 0 Å². The Labute approximate surface area is 107 Å². The first-order chi connectivity index (χ1) is 7.83. The smallest absolute Gasteiger partial charge is 0.0304 e. The molecule has 102 valence electrons. The van der Waals surface area contributed by atoms with E-state index in [0.717, 1.165) is 19.6 Å². The van der Waals surface area contributed by atoms with Crippen LogP contribution in [-0.4, -0.2) is 53.6 Å². The molecule has 1 aliphatic heterocycles. The second-order valence-electron chi connectivity index (χ2n) is 6.60. The van der Waals surface area contributed by atoms with Crippen LogP contribution >= 0.6 is 0 Å². The van der Waals surface area contributed by atoms with E-state index in [1.165, 1.54) is 25.9 Å². The Morgan fingerprint density at radius 3 is 1.76 bits per heavy atom. The molecule has 0 aromatic rings. The Morgan fingerprint density at radius 2 is 1.41 bits per heavy atom. The van der Waals surface area contributed by atoms with Gasteiger partial charge in [-0.2, -0.15) is 0 Å². The van der Waals surface area contributed by atoms with Crippen molar-refractivity contribution in [3.8, 4) is 0 Å². The van der Waals surface area contributed by atoms with Crippen molar-refractivity contribution in [2.45, 2.75) is 58.5 Å². The SMILES string of the molecule is CCCC(C)(CN)N1CCN(C(C)(C)C)CC1. The van der Waals surface area contributed by atoms with Gasteiger partial charge in [0.2, 0.25) is 0 Å². The number of hydrogen-bond donors (Lipinski definition) is 1. The van der Waals surface area contributed by atoms with Crippen LogP contribution in [0, 0.1) is 0 Å². The molecule has 17 heavy (non-hydrogen) atoms. The highest BCUT2D eigenvalue weighted by atomic mass is 15.3. The first-order valence-electron chi connectivity index (χ1n) is 7.03. The van der Waals surface area contributed by atoms with Crippen molar-refractivity contribution in [2.24, 2.45) is 5.73 Å². The Hall–Kier alpha value is -0.120. The molecule has 0 saturated carbocycles. The maximum Gasteiger partial charge on any atom is 0.0304 e. The first-order valence-corrected chi connectivity index (χ1v) is 7.03. The third kappa shape index (κ3) is 3.67. The standard InChI is InChI=1S/C14H31N3/c1-6-7-14(5,12-15)17-10-8-16(9-11-17)13(2,3)4/h6-12,15H2,1-5H3. The lowest BCUT2D eigenvalue weighted by atomic mass is 9.92. The van der Waals surface area contributed by atoms with Crippen LogP contribution in [0.3, 0.4) is 0 Å². The lowest BCUT2D eigenvalue weighted by Gasteiger charge is -2.48. The van der Waals surface area contributed by atoms with Crippen LogP contribution in [0.15, 0.2) is 0 Å². The zero-order valence-corrected chi connectivity index (χ0v) is 12.4. The summed E-state index contributed by atoms with van der Waals surface area (Å²) in [4.78, 5) is 5.17. The largest absolute Gasteiger partial charge is 0.329 e. The van der Waals surface area contributed by atoms with Crippen LogP contribution in [0.25, 0.3) is 0 Å². The fraction of sp³-hybridized carbons (Fsp3) is 1.00. The van der Waals surface area contributed by atoms with Gasteiger partial charge in [0.05, 0.1) is 0 Å². The van der Waals surface area contributed by atoms with Crippen molar-refractivity contribution in [3.05, 3.63) is 0 Å². The Kier molecular flexibility index (Phi) is 4.99. The topological polar surface area (TPSA) is 32.5 Å². The highest BCUT2D eigenvalue weighted by Crippen LogP contribution is 2.24. The van der Waals surface area contributed by atoms with Gasteiger partial charge in [0.25, 0.3) is 0 Å². The van der Waals surface area contributed by atoms with E-state index in [1.807, 2.05) is 0 Å². The second-order valence-corrected chi connectivity index (χ2v) is 6.60. The molecule has 2 N–H and O–H groups in total. The maximum absolute atomic E-state index is 5.99. The van der Waals surface area contributed by atoms with Crippen LogP contribution in [0.5, 0.6) is 0 Å². The summed E-state index contributed by atoms with van der Waals surface area (Å²) in [7, 11) is 0. The molecule has 0 aliphatic carbocycles. The first kappa shape index (κ1) is 14.9. The number of rotatable bonds is 4. The molecule has 0 aromatic carbocycles. The Balaban J connectivity index is 2.56. The van der Waals surface area contributed by atoms with Gasteiger partial charge in [-0.1, -0.05) is 13.3 Å². The minimum atomic E-state index is 0.207. The molecule has 0 bridgehead atoms. The molecular weight excluding hydrogens is 210 g/mol. The van der Waals surface area contributed by atoms with Gasteiger partial charge in [-0.05, 0) is 34.1 Å². The van der Waals surface area contributed by atoms with E-state index in [0.29, 0.717) is 5.54 Å². The lowest BCUT2D eigenvalue weighted by Crippen LogP contribution is -2.61. The molecule has 3 heteroatoms. The third-order valence-electron chi connectivity index (χ3n) is 4.22. The molecular formula is C14H31N3. The fourth-order valence-corrected chi connectivity index (χ4v) is 2.84. The van der Waals surface area contributed by atoms with Crippen molar-refractivity contribution in [2.75, 3.05) is 32.7 Å². The summed E-state index contributed by atoms with van der Waals surface area (Å²) in [6, 6.07) is 0. The Morgan fingerprint density at radius 1 is 0.941 bits per heavy atom. The van der Waals surface area contributed by atoms with Crippen LogP contribution in [0.4, 0.5) is 0 Å². The van der Waals surface area contributed by atoms with E-state index in [2.05, 4.69) is 44.4 Å². The summed E-state index contributed by atoms with van der Waals surface area (Å²) in [5.74, 6) is 0. The summed E-state index contributed by atoms with van der Waals surface area (Å²) >= 11 is 0. The van der Waals surface area contributed by atoms with Crippen LogP contribution in [-0.2, 0) is 0 Å². The quantitative estimate of drug-likeness (QED) is 0.816. The minimum Gasteiger partial charge on any atom is -0.329 e. The Bertz CT molecular complexity index is 226. The third-order valence-corrected chi connectivity index (χ3v) is 4.22. The van der Waals surface area contributed by atoms with Crippen LogP contribution < -0.4 is 5.73 Å². The summed E-state index contributed by atoms with van der Waals surface area (Å²) in [6.07, 6.45) is 2.42. The van der Waals surface area contributed by atoms with E-state index in [4.69, 9.17) is 5.73 Å². The van der Waals surface area contributed by atoms with Gasteiger partial charge in [0, 0.05) is 43.8 Å². The molecule has 0 radical (unpaired) electrons. The number of piperazine rings is 1. The summed E-state index contributed by atoms with van der Waals surface area (Å²) in [6.45, 7) is 16.9. The van der Waals surface area contributed by atoms with Gasteiger partial charge in [-0.15, -0.1) is 0 Å². The second kappa shape index (κ2) is 5.68. The van der Waals surface area contributed by atoms with Crippen molar-refractivity contribution in [3.63, 3.8) is 0 Å². The van der Waals surface area contributed by atoms with E-state index >= 15 is 0 Å². The normalized spacial score (nSPS) is 23.6. The molecule has 1 atom stereocenters. The average molecular weight is 241 g/mol. The van der Waals surface area contributed by atoms with E-state index in [1.54, 1.807) is 0 Å². The minimum absolute atomic E-state index is 0.207. The zero-order chi connectivity index (χ0) is 13.1. The van der Waals surface area contributed by atoms with E-state index in [-0.39, 0.29) is 5.54 Å². The van der Waals surface area contributed by atoms with Gasteiger partial charge in [-0.3, -0.25) is 9.80 Å². The average Bonchev–Trinajstić information content (AvgIpc) is 2.28. The fourth-order valence-electron chi connectivity index (χ4n) is 2.84. The molecule has 3 nitrogen and oxygen atoms in total. The maximum atomic E-state index is 5.99. The molecule has 1 rings (SSSR count). The van der Waals surface area contributed by atoms with Gasteiger partial charge < -0.3 is 5.73 Å².